The van der Waals surface area contributed by atoms with Crippen LogP contribution in [0.3, 0.4) is 0 Å². The molecule has 0 aromatic heterocycles. The van der Waals surface area contributed by atoms with Crippen LogP contribution < -0.4 is 0 Å². The summed E-state index contributed by atoms with van der Waals surface area (Å²) in [4.78, 5) is 0. The molecule has 2 aliphatic rings. The van der Waals surface area contributed by atoms with E-state index in [4.69, 9.17) is 0 Å². The predicted octanol–water partition coefficient (Wildman–Crippen LogP) is 5.32. The highest BCUT2D eigenvalue weighted by Gasteiger charge is 2.38. The second-order valence-electron chi connectivity index (χ2n) is 7.14. The van der Waals surface area contributed by atoms with E-state index in [1.54, 1.807) is 0 Å². The van der Waals surface area contributed by atoms with Crippen LogP contribution in [0.25, 0.3) is 16.3 Å². The molecule has 2 nitrogen and oxygen atoms in total. The van der Waals surface area contributed by atoms with Crippen LogP contribution in [-0.4, -0.2) is 0 Å². The minimum absolute atomic E-state index is 0.0163. The molecule has 0 saturated heterocycles. The number of fused-ring (bicyclic) bond motifs is 1. The lowest BCUT2D eigenvalue weighted by atomic mass is 9.70. The van der Waals surface area contributed by atoms with Crippen molar-refractivity contribution in [1.82, 2.24) is 0 Å². The van der Waals surface area contributed by atoms with Crippen LogP contribution in [0.15, 0.2) is 66.7 Å². The number of hydrogen-bond donors (Lipinski definition) is 0. The van der Waals surface area contributed by atoms with Gasteiger partial charge in [-0.05, 0) is 45.4 Å². The fourth-order valence-corrected chi connectivity index (χ4v) is 4.82. The van der Waals surface area contributed by atoms with Crippen molar-refractivity contribution < 1.29 is 0 Å². The number of hydrogen-bond acceptors (Lipinski definition) is 2. The molecule has 3 aromatic rings. The summed E-state index contributed by atoms with van der Waals surface area (Å²) in [6.45, 7) is 0. The minimum atomic E-state index is -0.224. The number of benzene rings is 3. The van der Waals surface area contributed by atoms with Crippen molar-refractivity contribution in [3.63, 3.8) is 0 Å². The van der Waals surface area contributed by atoms with Gasteiger partial charge in [0.15, 0.2) is 0 Å². The highest BCUT2D eigenvalue weighted by Crippen LogP contribution is 2.50. The first-order chi connectivity index (χ1) is 12.8. The summed E-state index contributed by atoms with van der Waals surface area (Å²) in [6, 6.07) is 25.7. The Balaban J connectivity index is 1.70. The topological polar surface area (TPSA) is 47.6 Å². The Morgan fingerprint density at radius 3 is 2.42 bits per heavy atom. The summed E-state index contributed by atoms with van der Waals surface area (Å²) in [7, 11) is 0. The molecule has 0 heterocycles. The summed E-state index contributed by atoms with van der Waals surface area (Å²) in [6.07, 6.45) is 2.97. The van der Waals surface area contributed by atoms with E-state index in [2.05, 4.69) is 48.5 Å². The van der Waals surface area contributed by atoms with Gasteiger partial charge >= 0.3 is 0 Å². The first kappa shape index (κ1) is 14.9. The van der Waals surface area contributed by atoms with Crippen molar-refractivity contribution in [2.24, 2.45) is 5.92 Å². The monoisotopic (exact) mass is 332 g/mol. The Hall–Kier alpha value is -3.36. The SMILES string of the molecule is N#CC1=C[C@H]([C@H]2Cc3cccc4cccc2c34)[C@H](C#N)c2ccccc21. The maximum atomic E-state index is 9.98. The molecule has 0 fully saturated rings. The molecule has 3 atom stereocenters. The fourth-order valence-electron chi connectivity index (χ4n) is 4.82. The quantitative estimate of drug-likeness (QED) is 0.605. The fraction of sp³-hybridized carbons (Fsp3) is 0.167. The van der Waals surface area contributed by atoms with Gasteiger partial charge in [0.25, 0.3) is 0 Å². The van der Waals surface area contributed by atoms with Crippen LogP contribution in [0.2, 0.25) is 0 Å². The third-order valence-corrected chi connectivity index (χ3v) is 5.92. The van der Waals surface area contributed by atoms with Gasteiger partial charge in [-0.3, -0.25) is 0 Å². The van der Waals surface area contributed by atoms with Gasteiger partial charge in [-0.1, -0.05) is 66.7 Å². The molecule has 0 N–H and O–H groups in total. The average Bonchev–Trinajstić information content (AvgIpc) is 3.07. The molecule has 0 bridgehead atoms. The Morgan fingerprint density at radius 2 is 1.62 bits per heavy atom. The van der Waals surface area contributed by atoms with E-state index < -0.39 is 0 Å². The van der Waals surface area contributed by atoms with E-state index >= 15 is 0 Å². The van der Waals surface area contributed by atoms with Crippen molar-refractivity contribution in [1.29, 1.82) is 10.5 Å². The van der Waals surface area contributed by atoms with Crippen molar-refractivity contribution in [3.8, 4) is 12.1 Å². The molecular formula is C24H16N2. The van der Waals surface area contributed by atoms with Gasteiger partial charge in [0.1, 0.15) is 0 Å². The third kappa shape index (κ3) is 1.97. The molecule has 0 saturated carbocycles. The highest BCUT2D eigenvalue weighted by atomic mass is 14.4. The Morgan fingerprint density at radius 1 is 0.846 bits per heavy atom. The largest absolute Gasteiger partial charge is 0.198 e. The van der Waals surface area contributed by atoms with Crippen LogP contribution in [-0.2, 0) is 6.42 Å². The van der Waals surface area contributed by atoms with E-state index in [-0.39, 0.29) is 17.8 Å². The highest BCUT2D eigenvalue weighted by molar-refractivity contribution is 5.92. The van der Waals surface area contributed by atoms with Gasteiger partial charge in [0.2, 0.25) is 0 Å². The molecule has 0 aliphatic heterocycles. The zero-order chi connectivity index (χ0) is 17.7. The molecule has 0 radical (unpaired) electrons. The minimum Gasteiger partial charge on any atom is -0.198 e. The summed E-state index contributed by atoms with van der Waals surface area (Å²) in [5, 5.41) is 22.3. The van der Waals surface area contributed by atoms with E-state index in [1.807, 2.05) is 30.3 Å². The van der Waals surface area contributed by atoms with Gasteiger partial charge in [0, 0.05) is 5.92 Å². The van der Waals surface area contributed by atoms with Crippen molar-refractivity contribution in [2.45, 2.75) is 18.3 Å². The van der Waals surface area contributed by atoms with Crippen molar-refractivity contribution in [3.05, 3.63) is 89.0 Å². The smallest absolute Gasteiger partial charge is 0.0994 e. The predicted molar refractivity (Wildman–Crippen MR) is 102 cm³/mol. The Labute approximate surface area is 152 Å². The molecule has 122 valence electrons. The average molecular weight is 332 g/mol. The first-order valence-electron chi connectivity index (χ1n) is 8.93. The van der Waals surface area contributed by atoms with Crippen LogP contribution in [0.1, 0.15) is 34.1 Å². The van der Waals surface area contributed by atoms with Gasteiger partial charge in [-0.15, -0.1) is 0 Å². The maximum Gasteiger partial charge on any atom is 0.0994 e. The van der Waals surface area contributed by atoms with Gasteiger partial charge in [0.05, 0.1) is 23.6 Å². The van der Waals surface area contributed by atoms with Crippen molar-refractivity contribution in [2.75, 3.05) is 0 Å². The lowest BCUT2D eigenvalue weighted by Gasteiger charge is -2.31. The zero-order valence-corrected chi connectivity index (χ0v) is 14.2. The zero-order valence-electron chi connectivity index (χ0n) is 14.2. The van der Waals surface area contributed by atoms with Gasteiger partial charge < -0.3 is 0 Å². The van der Waals surface area contributed by atoms with Gasteiger partial charge in [-0.2, -0.15) is 10.5 Å². The molecule has 2 heteroatoms. The third-order valence-electron chi connectivity index (χ3n) is 5.92. The van der Waals surface area contributed by atoms with E-state index in [9.17, 15) is 10.5 Å². The second kappa shape index (κ2) is 5.58. The number of nitrogens with zero attached hydrogens (tertiary/aromatic N) is 2. The van der Waals surface area contributed by atoms with Crippen LogP contribution in [0.4, 0.5) is 0 Å². The summed E-state index contributed by atoms with van der Waals surface area (Å²) < 4.78 is 0. The van der Waals surface area contributed by atoms with E-state index in [0.717, 1.165) is 17.5 Å². The normalized spacial score (nSPS) is 23.0. The van der Waals surface area contributed by atoms with E-state index in [1.165, 1.54) is 21.9 Å². The van der Waals surface area contributed by atoms with Crippen LogP contribution >= 0.6 is 0 Å². The molecule has 0 amide bonds. The Kier molecular flexibility index (Phi) is 3.21. The molecule has 5 rings (SSSR count). The van der Waals surface area contributed by atoms with Crippen molar-refractivity contribution >= 4 is 16.3 Å². The van der Waals surface area contributed by atoms with Crippen LogP contribution in [0.5, 0.6) is 0 Å². The number of nitriles is 2. The summed E-state index contributed by atoms with van der Waals surface area (Å²) in [5.74, 6) is 0.0258. The maximum absolute atomic E-state index is 9.98. The second-order valence-corrected chi connectivity index (χ2v) is 7.14. The molecule has 0 spiro atoms. The number of allylic oxidation sites excluding steroid dienone is 2. The summed E-state index contributed by atoms with van der Waals surface area (Å²) >= 11 is 0. The van der Waals surface area contributed by atoms with E-state index in [0.29, 0.717) is 5.57 Å². The molecule has 26 heavy (non-hydrogen) atoms. The Bertz CT molecular complexity index is 1150. The molecule has 3 aromatic carbocycles. The first-order valence-corrected chi connectivity index (χ1v) is 8.93. The number of rotatable bonds is 1. The van der Waals surface area contributed by atoms with Crippen LogP contribution in [0, 0.1) is 28.6 Å². The molecule has 0 unspecified atom stereocenters. The lowest BCUT2D eigenvalue weighted by molar-refractivity contribution is 0.476. The standard InChI is InChI=1S/C24H16N2/c25-13-17-12-22(23(14-26)19-9-2-1-8-18(17)19)21-11-16-7-3-5-15-6-4-10-20(21)24(15)16/h1-10,12,21-23H,11H2/t21-,22+,23+/m0/s1. The lowest BCUT2D eigenvalue weighted by Crippen LogP contribution is -2.22. The molecule has 2 aliphatic carbocycles. The summed E-state index contributed by atoms with van der Waals surface area (Å²) in [5.41, 5.74) is 5.26. The van der Waals surface area contributed by atoms with Gasteiger partial charge in [-0.25, -0.2) is 0 Å². The molecular weight excluding hydrogens is 316 g/mol.